The summed E-state index contributed by atoms with van der Waals surface area (Å²) in [6.07, 6.45) is 0. The van der Waals surface area contributed by atoms with Gasteiger partial charge in [0, 0.05) is 10.8 Å². The maximum atomic E-state index is 12.4. The van der Waals surface area contributed by atoms with Crippen LogP contribution in [0, 0.1) is 0 Å². The Morgan fingerprint density at radius 3 is 2.37 bits per heavy atom. The van der Waals surface area contributed by atoms with Crippen molar-refractivity contribution in [1.82, 2.24) is 15.0 Å². The van der Waals surface area contributed by atoms with E-state index in [0.717, 1.165) is 38.4 Å². The minimum Gasteiger partial charge on any atom is -0.422 e. The van der Waals surface area contributed by atoms with Crippen molar-refractivity contribution in [1.29, 1.82) is 0 Å². The average molecular weight is 389 g/mol. The second kappa shape index (κ2) is 6.39. The van der Waals surface area contributed by atoms with Gasteiger partial charge in [-0.2, -0.15) is 4.80 Å². The molecule has 0 aliphatic heterocycles. The van der Waals surface area contributed by atoms with Crippen LogP contribution >= 0.6 is 0 Å². The fourth-order valence-electron chi connectivity index (χ4n) is 3.80. The number of hydrogen-bond acceptors (Lipinski definition) is 4. The lowest BCUT2D eigenvalue weighted by atomic mass is 10.1. The van der Waals surface area contributed by atoms with Crippen LogP contribution in [0.5, 0.6) is 0 Å². The van der Waals surface area contributed by atoms with Crippen molar-refractivity contribution in [2.75, 3.05) is 0 Å². The molecule has 30 heavy (non-hydrogen) atoms. The van der Waals surface area contributed by atoms with Crippen molar-refractivity contribution in [3.8, 4) is 16.8 Å². The smallest absolute Gasteiger partial charge is 0.344 e. The molecule has 0 saturated heterocycles. The quantitative estimate of drug-likeness (QED) is 0.375. The molecule has 0 atom stereocenters. The molecule has 0 spiro atoms. The van der Waals surface area contributed by atoms with Crippen LogP contribution in [0.25, 0.3) is 49.6 Å². The molecule has 0 saturated carbocycles. The highest BCUT2D eigenvalue weighted by Crippen LogP contribution is 2.25. The number of benzene rings is 4. The molecule has 2 aromatic heterocycles. The van der Waals surface area contributed by atoms with Crippen LogP contribution in [0.4, 0.5) is 0 Å². The van der Waals surface area contributed by atoms with E-state index in [1.54, 1.807) is 10.9 Å². The molecule has 6 rings (SSSR count). The Morgan fingerprint density at radius 1 is 0.733 bits per heavy atom. The van der Waals surface area contributed by atoms with Gasteiger partial charge in [-0.15, -0.1) is 10.2 Å². The van der Waals surface area contributed by atoms with Crippen molar-refractivity contribution in [2.24, 2.45) is 0 Å². The van der Waals surface area contributed by atoms with E-state index in [1.807, 2.05) is 66.7 Å². The first-order valence-electron chi connectivity index (χ1n) is 9.65. The van der Waals surface area contributed by atoms with Gasteiger partial charge in [0.25, 0.3) is 0 Å². The van der Waals surface area contributed by atoms with E-state index in [0.29, 0.717) is 11.1 Å². The van der Waals surface area contributed by atoms with Crippen LogP contribution < -0.4 is 5.63 Å². The van der Waals surface area contributed by atoms with Crippen LogP contribution in [0.3, 0.4) is 0 Å². The van der Waals surface area contributed by atoms with Gasteiger partial charge in [-0.3, -0.25) is 0 Å². The number of nitrogens with zero attached hydrogens (tertiary/aromatic N) is 3. The fourth-order valence-corrected chi connectivity index (χ4v) is 3.80. The zero-order chi connectivity index (χ0) is 20.1. The van der Waals surface area contributed by atoms with Crippen molar-refractivity contribution in [3.63, 3.8) is 0 Å². The standard InChI is InChI=1S/C25H15N3O2/c29-25-21(15-18-6-2-4-8-23(18)30-25)17-9-12-19(13-10-17)28-26-22-14-11-16-5-1-3-7-20(16)24(22)27-28/h1-15H. The summed E-state index contributed by atoms with van der Waals surface area (Å²) in [6.45, 7) is 0. The van der Waals surface area contributed by atoms with Gasteiger partial charge in [-0.05, 0) is 41.3 Å². The Bertz CT molecular complexity index is 1610. The Balaban J connectivity index is 1.44. The predicted molar refractivity (Wildman–Crippen MR) is 118 cm³/mol. The van der Waals surface area contributed by atoms with Crippen LogP contribution in [-0.4, -0.2) is 15.0 Å². The van der Waals surface area contributed by atoms with Gasteiger partial charge in [0.2, 0.25) is 0 Å². The lowest BCUT2D eigenvalue weighted by Crippen LogP contribution is -2.03. The van der Waals surface area contributed by atoms with Crippen molar-refractivity contribution >= 4 is 32.8 Å². The van der Waals surface area contributed by atoms with Gasteiger partial charge < -0.3 is 4.42 Å². The number of aromatic nitrogens is 3. The highest BCUT2D eigenvalue weighted by Gasteiger charge is 2.10. The second-order valence-electron chi connectivity index (χ2n) is 7.18. The summed E-state index contributed by atoms with van der Waals surface area (Å²) in [7, 11) is 0. The van der Waals surface area contributed by atoms with Crippen molar-refractivity contribution in [2.45, 2.75) is 0 Å². The molecular weight excluding hydrogens is 374 g/mol. The van der Waals surface area contributed by atoms with Gasteiger partial charge in [0.05, 0.1) is 11.3 Å². The SMILES string of the molecule is O=c1oc2ccccc2cc1-c1ccc(-n2nc3ccc4ccccc4c3n2)cc1. The molecular formula is C25H15N3O2. The molecule has 5 nitrogen and oxygen atoms in total. The molecule has 0 unspecified atom stereocenters. The zero-order valence-corrected chi connectivity index (χ0v) is 15.8. The Labute approximate surface area is 170 Å². The zero-order valence-electron chi connectivity index (χ0n) is 15.8. The third-order valence-corrected chi connectivity index (χ3v) is 5.33. The summed E-state index contributed by atoms with van der Waals surface area (Å²) in [6, 6.07) is 29.1. The van der Waals surface area contributed by atoms with E-state index in [-0.39, 0.29) is 5.63 Å². The van der Waals surface area contributed by atoms with Gasteiger partial charge in [-0.25, -0.2) is 4.79 Å². The minimum atomic E-state index is -0.351. The summed E-state index contributed by atoms with van der Waals surface area (Å²) in [5, 5.41) is 12.4. The van der Waals surface area contributed by atoms with Gasteiger partial charge in [-0.1, -0.05) is 60.7 Å². The minimum absolute atomic E-state index is 0.351. The van der Waals surface area contributed by atoms with Crippen molar-refractivity contribution in [3.05, 3.63) is 101 Å². The number of para-hydroxylation sites is 1. The fraction of sp³-hybridized carbons (Fsp3) is 0. The van der Waals surface area contributed by atoms with Crippen LogP contribution in [0.2, 0.25) is 0 Å². The molecule has 6 aromatic rings. The normalized spacial score (nSPS) is 11.5. The molecule has 0 amide bonds. The average Bonchev–Trinajstić information content (AvgIpc) is 3.24. The van der Waals surface area contributed by atoms with Gasteiger partial charge in [0.15, 0.2) is 0 Å². The van der Waals surface area contributed by atoms with Crippen LogP contribution in [0.15, 0.2) is 100 Å². The van der Waals surface area contributed by atoms with Crippen LogP contribution in [-0.2, 0) is 0 Å². The molecule has 0 aliphatic rings. The summed E-state index contributed by atoms with van der Waals surface area (Å²) in [4.78, 5) is 14.1. The van der Waals surface area contributed by atoms with E-state index >= 15 is 0 Å². The first-order valence-corrected chi connectivity index (χ1v) is 9.65. The first kappa shape index (κ1) is 16.7. The number of fused-ring (bicyclic) bond motifs is 4. The predicted octanol–water partition coefficient (Wildman–Crippen LogP) is 5.35. The topological polar surface area (TPSA) is 60.9 Å². The molecule has 0 fully saturated rings. The van der Waals surface area contributed by atoms with E-state index in [4.69, 9.17) is 9.52 Å². The largest absolute Gasteiger partial charge is 0.422 e. The summed E-state index contributed by atoms with van der Waals surface area (Å²) in [5.74, 6) is 0. The van der Waals surface area contributed by atoms with E-state index in [9.17, 15) is 4.79 Å². The summed E-state index contributed by atoms with van der Waals surface area (Å²) in [5.41, 5.74) is 4.09. The van der Waals surface area contributed by atoms with E-state index in [2.05, 4.69) is 23.3 Å². The molecule has 4 aromatic carbocycles. The number of hydrogen-bond donors (Lipinski definition) is 0. The monoisotopic (exact) mass is 389 g/mol. The lowest BCUT2D eigenvalue weighted by Gasteiger charge is -2.04. The lowest BCUT2D eigenvalue weighted by molar-refractivity contribution is 0.563. The van der Waals surface area contributed by atoms with E-state index in [1.165, 1.54) is 0 Å². The van der Waals surface area contributed by atoms with Gasteiger partial charge >= 0.3 is 5.63 Å². The Kier molecular flexibility index (Phi) is 3.55. The summed E-state index contributed by atoms with van der Waals surface area (Å²) < 4.78 is 5.46. The maximum Gasteiger partial charge on any atom is 0.344 e. The van der Waals surface area contributed by atoms with Gasteiger partial charge in [0.1, 0.15) is 16.6 Å². The molecule has 142 valence electrons. The molecule has 2 heterocycles. The molecule has 0 bridgehead atoms. The third-order valence-electron chi connectivity index (χ3n) is 5.33. The molecule has 0 radical (unpaired) electrons. The van der Waals surface area contributed by atoms with Crippen molar-refractivity contribution < 1.29 is 4.42 Å². The third kappa shape index (κ3) is 2.60. The molecule has 0 aliphatic carbocycles. The highest BCUT2D eigenvalue weighted by atomic mass is 16.4. The maximum absolute atomic E-state index is 12.4. The number of rotatable bonds is 2. The second-order valence-corrected chi connectivity index (χ2v) is 7.18. The molecule has 5 heteroatoms. The first-order chi connectivity index (χ1) is 14.8. The highest BCUT2D eigenvalue weighted by molar-refractivity contribution is 6.03. The van der Waals surface area contributed by atoms with E-state index < -0.39 is 0 Å². The Hall–Kier alpha value is -4.25. The summed E-state index contributed by atoms with van der Waals surface area (Å²) >= 11 is 0. The van der Waals surface area contributed by atoms with Crippen LogP contribution in [0.1, 0.15) is 0 Å². The Morgan fingerprint density at radius 2 is 1.50 bits per heavy atom. The molecule has 0 N–H and O–H groups in total.